The number of hydrogen-bond acceptors (Lipinski definition) is 11. The van der Waals surface area contributed by atoms with E-state index in [0.717, 1.165) is 45.4 Å². The third-order valence-electron chi connectivity index (χ3n) is 6.68. The highest BCUT2D eigenvalue weighted by Gasteiger charge is 2.49. The van der Waals surface area contributed by atoms with Crippen molar-refractivity contribution in [1.82, 2.24) is 0 Å². The summed E-state index contributed by atoms with van der Waals surface area (Å²) in [4.78, 5) is 52.0. The molecule has 0 heterocycles. The predicted octanol–water partition coefficient (Wildman–Crippen LogP) is 5.48. The van der Waals surface area contributed by atoms with Gasteiger partial charge in [0.15, 0.2) is 0 Å². The van der Waals surface area contributed by atoms with E-state index in [9.17, 15) is 19.2 Å². The lowest BCUT2D eigenvalue weighted by atomic mass is 9.94. The van der Waals surface area contributed by atoms with Gasteiger partial charge in [0.25, 0.3) is 0 Å². The number of ether oxygens (including phenoxy) is 7. The van der Waals surface area contributed by atoms with Crippen LogP contribution in [0.5, 0.6) is 0 Å². The van der Waals surface area contributed by atoms with Crippen molar-refractivity contribution in [1.29, 1.82) is 0 Å². The number of hydrogen-bond donors (Lipinski definition) is 0. The fraction of sp³-hybridized carbons (Fsp3) is 0.875. The van der Waals surface area contributed by atoms with Gasteiger partial charge >= 0.3 is 23.9 Å². The summed E-state index contributed by atoms with van der Waals surface area (Å²) in [5.41, 5.74) is -2.28. The molecule has 0 N–H and O–H groups in total. The fourth-order valence-corrected chi connectivity index (χ4v) is 4.48. The SMILES string of the molecule is CCCCC(COC(=O)CC(CC(=O)OCC(CCCC)OCC)(OC(C)=O)C(=O)OCC(CCCC)OCC)OCC. The van der Waals surface area contributed by atoms with Gasteiger partial charge in [-0.05, 0) is 40.0 Å². The van der Waals surface area contributed by atoms with Gasteiger partial charge in [0.05, 0.1) is 31.2 Å². The molecule has 0 saturated carbocycles. The molecule has 0 aliphatic heterocycles. The van der Waals surface area contributed by atoms with Gasteiger partial charge in [0.2, 0.25) is 5.60 Å². The quantitative estimate of drug-likeness (QED) is 0.0855. The first-order chi connectivity index (χ1) is 20.6. The molecule has 252 valence electrons. The average molecular weight is 619 g/mol. The molecule has 0 aliphatic rings. The van der Waals surface area contributed by atoms with E-state index in [1.807, 2.05) is 41.5 Å². The summed E-state index contributed by atoms with van der Waals surface area (Å²) in [5, 5.41) is 0. The van der Waals surface area contributed by atoms with Crippen LogP contribution in [0.25, 0.3) is 0 Å². The lowest BCUT2D eigenvalue weighted by Gasteiger charge is -2.30. The van der Waals surface area contributed by atoms with Crippen molar-refractivity contribution in [3.05, 3.63) is 0 Å². The number of unbranched alkanes of at least 4 members (excludes halogenated alkanes) is 3. The molecule has 11 heteroatoms. The Morgan fingerprint density at radius 2 is 0.907 bits per heavy atom. The molecule has 0 fully saturated rings. The van der Waals surface area contributed by atoms with Crippen molar-refractivity contribution in [2.75, 3.05) is 39.6 Å². The molecule has 3 unspecified atom stereocenters. The molecule has 0 rings (SSSR count). The van der Waals surface area contributed by atoms with Gasteiger partial charge in [-0.25, -0.2) is 4.79 Å². The molecule has 0 aliphatic carbocycles. The highest BCUT2D eigenvalue weighted by Crippen LogP contribution is 2.26. The number of rotatable bonds is 27. The van der Waals surface area contributed by atoms with E-state index in [0.29, 0.717) is 39.1 Å². The molecule has 0 radical (unpaired) electrons. The number of esters is 4. The second kappa shape index (κ2) is 25.1. The van der Waals surface area contributed by atoms with Crippen LogP contribution in [0.3, 0.4) is 0 Å². The van der Waals surface area contributed by atoms with Crippen molar-refractivity contribution in [2.45, 2.75) is 143 Å². The Balaban J connectivity index is 5.96. The molecular formula is C32H58O11. The van der Waals surface area contributed by atoms with E-state index >= 15 is 0 Å². The first-order valence-corrected chi connectivity index (χ1v) is 16.1. The van der Waals surface area contributed by atoms with Crippen molar-refractivity contribution in [2.24, 2.45) is 0 Å². The molecule has 0 aromatic carbocycles. The monoisotopic (exact) mass is 618 g/mol. The highest BCUT2D eigenvalue weighted by molar-refractivity contribution is 5.92. The van der Waals surface area contributed by atoms with Crippen molar-refractivity contribution in [3.8, 4) is 0 Å². The molecular weight excluding hydrogens is 560 g/mol. The predicted molar refractivity (Wildman–Crippen MR) is 161 cm³/mol. The first-order valence-electron chi connectivity index (χ1n) is 16.1. The summed E-state index contributed by atoms with van der Waals surface area (Å²) >= 11 is 0. The third kappa shape index (κ3) is 18.9. The summed E-state index contributed by atoms with van der Waals surface area (Å²) in [6.07, 6.45) is 4.99. The van der Waals surface area contributed by atoms with E-state index in [1.165, 1.54) is 0 Å². The third-order valence-corrected chi connectivity index (χ3v) is 6.68. The molecule has 0 bridgehead atoms. The van der Waals surface area contributed by atoms with Crippen LogP contribution >= 0.6 is 0 Å². The molecule has 11 nitrogen and oxygen atoms in total. The van der Waals surface area contributed by atoms with Gasteiger partial charge in [0.1, 0.15) is 19.8 Å². The van der Waals surface area contributed by atoms with Gasteiger partial charge in [-0.3, -0.25) is 14.4 Å². The molecule has 0 spiro atoms. The zero-order chi connectivity index (χ0) is 32.5. The molecule has 0 aromatic heterocycles. The van der Waals surface area contributed by atoms with Crippen LogP contribution in [0, 0.1) is 0 Å². The van der Waals surface area contributed by atoms with E-state index < -0.39 is 42.3 Å². The van der Waals surface area contributed by atoms with Gasteiger partial charge < -0.3 is 33.2 Å². The second-order valence-electron chi connectivity index (χ2n) is 10.6. The van der Waals surface area contributed by atoms with Crippen LogP contribution in [0.1, 0.15) is 119 Å². The van der Waals surface area contributed by atoms with Crippen LogP contribution < -0.4 is 0 Å². The summed E-state index contributed by atoms with van der Waals surface area (Å²) in [7, 11) is 0. The lowest BCUT2D eigenvalue weighted by Crippen LogP contribution is -2.49. The van der Waals surface area contributed by atoms with Gasteiger partial charge in [-0.1, -0.05) is 59.3 Å². The Labute approximate surface area is 258 Å². The number of carbonyl (C=O) groups is 4. The lowest BCUT2D eigenvalue weighted by molar-refractivity contribution is -0.193. The smallest absolute Gasteiger partial charge is 0.351 e. The van der Waals surface area contributed by atoms with E-state index in [4.69, 9.17) is 33.2 Å². The Kier molecular flexibility index (Phi) is 23.8. The first kappa shape index (κ1) is 40.8. The maximum Gasteiger partial charge on any atom is 0.351 e. The molecule has 0 amide bonds. The zero-order valence-electron chi connectivity index (χ0n) is 27.7. The highest BCUT2D eigenvalue weighted by atomic mass is 16.6. The largest absolute Gasteiger partial charge is 0.463 e. The standard InChI is InChI=1S/C32H58O11/c1-8-14-17-26(37-11-4)22-40-29(34)20-32(43-25(7)33,31(36)42-24-28(39-13-6)19-16-10-3)21-30(35)41-23-27(38-12-5)18-15-9-2/h26-28H,8-24H2,1-7H3. The van der Waals surface area contributed by atoms with Crippen molar-refractivity contribution in [3.63, 3.8) is 0 Å². The minimum atomic E-state index is -2.28. The van der Waals surface area contributed by atoms with Crippen molar-refractivity contribution >= 4 is 23.9 Å². The second-order valence-corrected chi connectivity index (χ2v) is 10.6. The van der Waals surface area contributed by atoms with Crippen LogP contribution in [0.4, 0.5) is 0 Å². The van der Waals surface area contributed by atoms with Crippen LogP contribution in [0.15, 0.2) is 0 Å². The summed E-state index contributed by atoms with van der Waals surface area (Å²) in [6, 6.07) is 0. The summed E-state index contributed by atoms with van der Waals surface area (Å²) in [6.45, 7) is 13.8. The topological polar surface area (TPSA) is 133 Å². The molecule has 43 heavy (non-hydrogen) atoms. The molecule has 0 aromatic rings. The minimum Gasteiger partial charge on any atom is -0.463 e. The average Bonchev–Trinajstić information content (AvgIpc) is 2.96. The van der Waals surface area contributed by atoms with Crippen LogP contribution in [0.2, 0.25) is 0 Å². The van der Waals surface area contributed by atoms with E-state index in [-0.39, 0.29) is 38.1 Å². The van der Waals surface area contributed by atoms with Crippen LogP contribution in [-0.4, -0.2) is 87.4 Å². The maximum absolute atomic E-state index is 13.6. The van der Waals surface area contributed by atoms with Gasteiger partial charge in [0, 0.05) is 26.7 Å². The normalized spacial score (nSPS) is 14.7. The Morgan fingerprint density at radius 3 is 1.21 bits per heavy atom. The Hall–Kier alpha value is -2.24. The fourth-order valence-electron chi connectivity index (χ4n) is 4.48. The minimum absolute atomic E-state index is 0.0424. The molecule has 0 saturated heterocycles. The van der Waals surface area contributed by atoms with Crippen molar-refractivity contribution < 1.29 is 52.3 Å². The van der Waals surface area contributed by atoms with Crippen LogP contribution in [-0.2, 0) is 52.3 Å². The van der Waals surface area contributed by atoms with Gasteiger partial charge in [-0.15, -0.1) is 0 Å². The zero-order valence-corrected chi connectivity index (χ0v) is 27.7. The number of carbonyl (C=O) groups excluding carboxylic acids is 4. The molecule has 3 atom stereocenters. The Bertz CT molecular complexity index is 734. The van der Waals surface area contributed by atoms with Gasteiger partial charge in [-0.2, -0.15) is 0 Å². The maximum atomic E-state index is 13.6. The van der Waals surface area contributed by atoms with E-state index in [2.05, 4.69) is 0 Å². The summed E-state index contributed by atoms with van der Waals surface area (Å²) in [5.74, 6) is -3.59. The van der Waals surface area contributed by atoms with E-state index in [1.54, 1.807) is 0 Å². The Morgan fingerprint density at radius 1 is 0.558 bits per heavy atom. The summed E-state index contributed by atoms with van der Waals surface area (Å²) < 4.78 is 38.9.